The summed E-state index contributed by atoms with van der Waals surface area (Å²) in [5, 5.41) is 5.78. The standard InChI is InChI=1S/C13H15BrN2O/c1-3-11(4-2)15-9-13(17)16-12-7-5-6-10(14)8-12/h1,5-8,11,15H,4,9H2,2H3,(H,16,17). The van der Waals surface area contributed by atoms with Gasteiger partial charge >= 0.3 is 0 Å². The number of nitrogens with one attached hydrogen (secondary N) is 2. The number of hydrogen-bond acceptors (Lipinski definition) is 2. The number of terminal acetylenes is 1. The van der Waals surface area contributed by atoms with E-state index in [0.717, 1.165) is 16.6 Å². The van der Waals surface area contributed by atoms with Crippen molar-refractivity contribution >= 4 is 27.5 Å². The van der Waals surface area contributed by atoms with Gasteiger partial charge in [0.1, 0.15) is 0 Å². The van der Waals surface area contributed by atoms with Crippen LogP contribution in [-0.4, -0.2) is 18.5 Å². The fourth-order valence-corrected chi connectivity index (χ4v) is 1.71. The van der Waals surface area contributed by atoms with E-state index in [1.165, 1.54) is 0 Å². The molecule has 3 nitrogen and oxygen atoms in total. The molecule has 0 saturated carbocycles. The van der Waals surface area contributed by atoms with E-state index < -0.39 is 0 Å². The van der Waals surface area contributed by atoms with Crippen LogP contribution in [0.5, 0.6) is 0 Å². The van der Waals surface area contributed by atoms with Crippen molar-refractivity contribution in [2.45, 2.75) is 19.4 Å². The number of carbonyl (C=O) groups is 1. The van der Waals surface area contributed by atoms with Gasteiger partial charge in [0.05, 0.1) is 12.6 Å². The Morgan fingerprint density at radius 2 is 2.35 bits per heavy atom. The minimum absolute atomic E-state index is 0.0525. The van der Waals surface area contributed by atoms with Crippen molar-refractivity contribution in [3.63, 3.8) is 0 Å². The summed E-state index contributed by atoms with van der Waals surface area (Å²) in [7, 11) is 0. The maximum Gasteiger partial charge on any atom is 0.238 e. The molecule has 1 aromatic carbocycles. The average molecular weight is 295 g/mol. The van der Waals surface area contributed by atoms with E-state index in [1.54, 1.807) is 0 Å². The van der Waals surface area contributed by atoms with Crippen molar-refractivity contribution in [2.75, 3.05) is 11.9 Å². The van der Waals surface area contributed by atoms with E-state index >= 15 is 0 Å². The Labute approximate surface area is 110 Å². The number of carbonyl (C=O) groups excluding carboxylic acids is 1. The first kappa shape index (κ1) is 13.8. The van der Waals surface area contributed by atoms with Crippen molar-refractivity contribution in [1.29, 1.82) is 0 Å². The van der Waals surface area contributed by atoms with Crippen LogP contribution in [0.2, 0.25) is 0 Å². The Morgan fingerprint density at radius 3 is 2.94 bits per heavy atom. The molecule has 0 spiro atoms. The zero-order valence-electron chi connectivity index (χ0n) is 9.66. The lowest BCUT2D eigenvalue weighted by atomic mass is 10.2. The van der Waals surface area contributed by atoms with Crippen LogP contribution in [-0.2, 0) is 4.79 Å². The summed E-state index contributed by atoms with van der Waals surface area (Å²) < 4.78 is 0.929. The van der Waals surface area contributed by atoms with Crippen LogP contribution in [0.4, 0.5) is 5.69 Å². The minimum Gasteiger partial charge on any atom is -0.325 e. The Hall–Kier alpha value is -1.31. The van der Waals surface area contributed by atoms with Crippen molar-refractivity contribution in [3.8, 4) is 12.3 Å². The van der Waals surface area contributed by atoms with Crippen molar-refractivity contribution in [2.24, 2.45) is 0 Å². The van der Waals surface area contributed by atoms with Crippen LogP contribution in [0.3, 0.4) is 0 Å². The maximum absolute atomic E-state index is 11.6. The molecule has 0 aliphatic heterocycles. The van der Waals surface area contributed by atoms with Gasteiger partial charge in [0.2, 0.25) is 5.91 Å². The Balaban J connectivity index is 2.43. The van der Waals surface area contributed by atoms with Gasteiger partial charge in [-0.3, -0.25) is 10.1 Å². The van der Waals surface area contributed by atoms with Crippen molar-refractivity contribution in [3.05, 3.63) is 28.7 Å². The summed E-state index contributed by atoms with van der Waals surface area (Å²) in [6, 6.07) is 7.39. The van der Waals surface area contributed by atoms with E-state index in [2.05, 4.69) is 32.5 Å². The molecule has 90 valence electrons. The highest BCUT2D eigenvalue weighted by atomic mass is 79.9. The lowest BCUT2D eigenvalue weighted by Gasteiger charge is -2.10. The molecule has 0 fully saturated rings. The Bertz CT molecular complexity index is 426. The molecular weight excluding hydrogens is 280 g/mol. The minimum atomic E-state index is -0.100. The van der Waals surface area contributed by atoms with Gasteiger partial charge in [-0.25, -0.2) is 0 Å². The molecule has 0 saturated heterocycles. The number of hydrogen-bond donors (Lipinski definition) is 2. The van der Waals surface area contributed by atoms with Gasteiger partial charge in [-0.2, -0.15) is 0 Å². The lowest BCUT2D eigenvalue weighted by molar-refractivity contribution is -0.115. The third-order valence-electron chi connectivity index (χ3n) is 2.23. The topological polar surface area (TPSA) is 41.1 Å². The maximum atomic E-state index is 11.6. The van der Waals surface area contributed by atoms with E-state index in [1.807, 2.05) is 31.2 Å². The molecule has 1 aromatic rings. The molecule has 0 bridgehead atoms. The normalized spacial score (nSPS) is 11.6. The number of amides is 1. The zero-order valence-corrected chi connectivity index (χ0v) is 11.3. The van der Waals surface area contributed by atoms with Crippen LogP contribution in [0, 0.1) is 12.3 Å². The highest BCUT2D eigenvalue weighted by Crippen LogP contribution is 2.15. The van der Waals surface area contributed by atoms with Gasteiger partial charge < -0.3 is 5.32 Å². The SMILES string of the molecule is C#CC(CC)NCC(=O)Nc1cccc(Br)c1. The summed E-state index contributed by atoms with van der Waals surface area (Å²) in [4.78, 5) is 11.6. The highest BCUT2D eigenvalue weighted by molar-refractivity contribution is 9.10. The predicted molar refractivity (Wildman–Crippen MR) is 73.7 cm³/mol. The largest absolute Gasteiger partial charge is 0.325 e. The molecule has 0 aliphatic rings. The van der Waals surface area contributed by atoms with Gasteiger partial charge in [0.25, 0.3) is 0 Å². The van der Waals surface area contributed by atoms with Gasteiger partial charge in [0, 0.05) is 10.2 Å². The molecule has 0 aromatic heterocycles. The van der Waals surface area contributed by atoms with E-state index in [0.29, 0.717) is 0 Å². The molecule has 0 radical (unpaired) electrons. The molecule has 1 rings (SSSR count). The van der Waals surface area contributed by atoms with E-state index in [4.69, 9.17) is 6.42 Å². The molecule has 1 atom stereocenters. The quantitative estimate of drug-likeness (QED) is 0.819. The monoisotopic (exact) mass is 294 g/mol. The van der Waals surface area contributed by atoms with E-state index in [9.17, 15) is 4.79 Å². The van der Waals surface area contributed by atoms with Crippen LogP contribution < -0.4 is 10.6 Å². The van der Waals surface area contributed by atoms with Gasteiger partial charge in [-0.05, 0) is 24.6 Å². The fraction of sp³-hybridized carbons (Fsp3) is 0.308. The summed E-state index contributed by atoms with van der Waals surface area (Å²) in [5.74, 6) is 2.48. The van der Waals surface area contributed by atoms with Crippen LogP contribution in [0.15, 0.2) is 28.7 Å². The number of benzene rings is 1. The summed E-state index contributed by atoms with van der Waals surface area (Å²) >= 11 is 3.34. The first-order valence-electron chi connectivity index (χ1n) is 5.40. The second-order valence-corrected chi connectivity index (χ2v) is 4.48. The second-order valence-electron chi connectivity index (χ2n) is 3.57. The van der Waals surface area contributed by atoms with Gasteiger partial charge in [0.15, 0.2) is 0 Å². The van der Waals surface area contributed by atoms with Crippen molar-refractivity contribution in [1.82, 2.24) is 5.32 Å². The molecule has 1 amide bonds. The third-order valence-corrected chi connectivity index (χ3v) is 2.72. The number of halogens is 1. The lowest BCUT2D eigenvalue weighted by Crippen LogP contribution is -2.34. The number of rotatable bonds is 5. The smallest absolute Gasteiger partial charge is 0.238 e. The van der Waals surface area contributed by atoms with E-state index in [-0.39, 0.29) is 18.5 Å². The van der Waals surface area contributed by atoms with Crippen LogP contribution >= 0.6 is 15.9 Å². The molecule has 4 heteroatoms. The average Bonchev–Trinajstić information content (AvgIpc) is 2.30. The molecule has 17 heavy (non-hydrogen) atoms. The molecular formula is C13H15BrN2O. The Morgan fingerprint density at radius 1 is 1.59 bits per heavy atom. The van der Waals surface area contributed by atoms with Gasteiger partial charge in [-0.1, -0.05) is 34.8 Å². The molecule has 0 aliphatic carbocycles. The van der Waals surface area contributed by atoms with Crippen LogP contribution in [0.1, 0.15) is 13.3 Å². The highest BCUT2D eigenvalue weighted by Gasteiger charge is 2.05. The Kier molecular flexibility index (Phi) is 5.75. The van der Waals surface area contributed by atoms with Crippen LogP contribution in [0.25, 0.3) is 0 Å². The second kappa shape index (κ2) is 7.10. The third kappa shape index (κ3) is 5.03. The predicted octanol–water partition coefficient (Wildman–Crippen LogP) is 2.39. The zero-order chi connectivity index (χ0) is 12.7. The molecule has 2 N–H and O–H groups in total. The molecule has 1 unspecified atom stereocenters. The van der Waals surface area contributed by atoms with Gasteiger partial charge in [-0.15, -0.1) is 6.42 Å². The van der Waals surface area contributed by atoms with Crippen molar-refractivity contribution < 1.29 is 4.79 Å². The molecule has 0 heterocycles. The first-order chi connectivity index (χ1) is 8.15. The first-order valence-corrected chi connectivity index (χ1v) is 6.20. The number of anilines is 1. The fourth-order valence-electron chi connectivity index (χ4n) is 1.31. The summed E-state index contributed by atoms with van der Waals surface area (Å²) in [5.41, 5.74) is 0.764. The summed E-state index contributed by atoms with van der Waals surface area (Å²) in [6.45, 7) is 2.19. The summed E-state index contributed by atoms with van der Waals surface area (Å²) in [6.07, 6.45) is 6.10.